The van der Waals surface area contributed by atoms with Crippen molar-refractivity contribution in [3.63, 3.8) is 0 Å². The van der Waals surface area contributed by atoms with E-state index in [1.165, 1.54) is 5.56 Å². The van der Waals surface area contributed by atoms with Gasteiger partial charge in [0.25, 0.3) is 0 Å². The maximum absolute atomic E-state index is 5.58. The molecule has 0 saturated heterocycles. The van der Waals surface area contributed by atoms with E-state index in [2.05, 4.69) is 18.3 Å². The molecule has 2 rings (SSSR count). The summed E-state index contributed by atoms with van der Waals surface area (Å²) in [5, 5.41) is 3.50. The number of furan rings is 1. The second-order valence-corrected chi connectivity index (χ2v) is 5.15. The lowest BCUT2D eigenvalue weighted by Crippen LogP contribution is -2.18. The number of ether oxygens (including phenoxy) is 2. The highest BCUT2D eigenvalue weighted by atomic mass is 16.5. The molecule has 114 valence electrons. The van der Waals surface area contributed by atoms with Gasteiger partial charge in [-0.25, -0.2) is 0 Å². The lowest BCUT2D eigenvalue weighted by Gasteiger charge is -2.15. The first-order chi connectivity index (χ1) is 10.0. The van der Waals surface area contributed by atoms with Gasteiger partial charge in [-0.2, -0.15) is 0 Å². The predicted octanol–water partition coefficient (Wildman–Crippen LogP) is 3.76. The Balaban J connectivity index is 2.07. The highest BCUT2D eigenvalue weighted by Gasteiger charge is 2.13. The molecule has 1 N–H and O–H groups in total. The first-order valence-electron chi connectivity index (χ1n) is 7.06. The number of hydrogen-bond acceptors (Lipinski definition) is 4. The number of aryl methyl sites for hydroxylation is 2. The molecule has 21 heavy (non-hydrogen) atoms. The summed E-state index contributed by atoms with van der Waals surface area (Å²) < 4.78 is 16.2. The minimum Gasteiger partial charge on any atom is -0.497 e. The van der Waals surface area contributed by atoms with Crippen molar-refractivity contribution in [2.75, 3.05) is 14.2 Å². The molecule has 1 heterocycles. The number of nitrogens with one attached hydrogen (secondary N) is 1. The average Bonchev–Trinajstić information content (AvgIpc) is 2.83. The molecule has 0 radical (unpaired) electrons. The lowest BCUT2D eigenvalue weighted by atomic mass is 10.1. The molecule has 4 heteroatoms. The molecule has 0 aliphatic rings. The van der Waals surface area contributed by atoms with E-state index in [0.29, 0.717) is 0 Å². The number of methoxy groups -OCH3 is 2. The molecule has 0 saturated carbocycles. The third kappa shape index (κ3) is 3.58. The molecule has 0 spiro atoms. The van der Waals surface area contributed by atoms with E-state index in [9.17, 15) is 0 Å². The monoisotopic (exact) mass is 289 g/mol. The van der Waals surface area contributed by atoms with E-state index in [1.807, 2.05) is 32.0 Å². The van der Waals surface area contributed by atoms with Gasteiger partial charge < -0.3 is 19.2 Å². The van der Waals surface area contributed by atoms with Crippen molar-refractivity contribution < 1.29 is 13.9 Å². The zero-order valence-electron chi connectivity index (χ0n) is 13.3. The lowest BCUT2D eigenvalue weighted by molar-refractivity contribution is 0.388. The average molecular weight is 289 g/mol. The standard InChI is InChI=1S/C17H23NO3/c1-11-8-16(13(3)21-11)12(2)18-10-14-6-7-15(19-4)9-17(14)20-5/h6-9,12,18H,10H2,1-5H3. The van der Waals surface area contributed by atoms with Gasteiger partial charge in [0.2, 0.25) is 0 Å². The topological polar surface area (TPSA) is 43.6 Å². The van der Waals surface area contributed by atoms with Crippen LogP contribution in [0.1, 0.15) is 35.6 Å². The van der Waals surface area contributed by atoms with Crippen LogP contribution in [0, 0.1) is 13.8 Å². The Kier molecular flexibility index (Phi) is 4.91. The Bertz CT molecular complexity index is 604. The van der Waals surface area contributed by atoms with Crippen LogP contribution < -0.4 is 14.8 Å². The summed E-state index contributed by atoms with van der Waals surface area (Å²) in [7, 11) is 3.32. The fourth-order valence-corrected chi connectivity index (χ4v) is 2.45. The van der Waals surface area contributed by atoms with E-state index in [1.54, 1.807) is 14.2 Å². The van der Waals surface area contributed by atoms with Crippen LogP contribution in [-0.4, -0.2) is 14.2 Å². The SMILES string of the molecule is COc1ccc(CNC(C)c2cc(C)oc2C)c(OC)c1. The Hall–Kier alpha value is -1.94. The first kappa shape index (κ1) is 15.4. The molecule has 0 amide bonds. The van der Waals surface area contributed by atoms with Gasteiger partial charge in [-0.3, -0.25) is 0 Å². The van der Waals surface area contributed by atoms with E-state index in [0.717, 1.165) is 35.1 Å². The molecule has 2 aromatic rings. The zero-order chi connectivity index (χ0) is 15.4. The molecule has 0 bridgehead atoms. The van der Waals surface area contributed by atoms with Crippen LogP contribution >= 0.6 is 0 Å². The van der Waals surface area contributed by atoms with Crippen LogP contribution in [0.4, 0.5) is 0 Å². The van der Waals surface area contributed by atoms with E-state index >= 15 is 0 Å². The molecule has 4 nitrogen and oxygen atoms in total. The van der Waals surface area contributed by atoms with Gasteiger partial charge in [-0.15, -0.1) is 0 Å². The van der Waals surface area contributed by atoms with Gasteiger partial charge in [0, 0.05) is 29.8 Å². The second-order valence-electron chi connectivity index (χ2n) is 5.15. The van der Waals surface area contributed by atoms with Crippen LogP contribution in [0.2, 0.25) is 0 Å². The van der Waals surface area contributed by atoms with Crippen LogP contribution in [0.3, 0.4) is 0 Å². The largest absolute Gasteiger partial charge is 0.497 e. The third-order valence-corrected chi connectivity index (χ3v) is 3.64. The molecule has 0 aliphatic carbocycles. The summed E-state index contributed by atoms with van der Waals surface area (Å²) in [5.74, 6) is 3.53. The summed E-state index contributed by atoms with van der Waals surface area (Å²) in [6.07, 6.45) is 0. The van der Waals surface area contributed by atoms with Crippen molar-refractivity contribution in [1.29, 1.82) is 0 Å². The van der Waals surface area contributed by atoms with Crippen molar-refractivity contribution in [1.82, 2.24) is 5.32 Å². The van der Waals surface area contributed by atoms with Gasteiger partial charge in [0.15, 0.2) is 0 Å². The zero-order valence-corrected chi connectivity index (χ0v) is 13.3. The molecule has 1 aromatic carbocycles. The summed E-state index contributed by atoms with van der Waals surface area (Å²) in [6.45, 7) is 6.81. The molecule has 1 aromatic heterocycles. The van der Waals surface area contributed by atoms with Crippen LogP contribution in [0.15, 0.2) is 28.7 Å². The van der Waals surface area contributed by atoms with Gasteiger partial charge in [0.05, 0.1) is 14.2 Å². The van der Waals surface area contributed by atoms with E-state index in [4.69, 9.17) is 13.9 Å². The Labute approximate surface area is 126 Å². The normalized spacial score (nSPS) is 12.2. The van der Waals surface area contributed by atoms with Crippen LogP contribution in [0.25, 0.3) is 0 Å². The third-order valence-electron chi connectivity index (χ3n) is 3.64. The summed E-state index contributed by atoms with van der Waals surface area (Å²) in [5.41, 5.74) is 2.29. The number of benzene rings is 1. The van der Waals surface area contributed by atoms with Crippen molar-refractivity contribution in [2.45, 2.75) is 33.4 Å². The van der Waals surface area contributed by atoms with Gasteiger partial charge >= 0.3 is 0 Å². The van der Waals surface area contributed by atoms with Gasteiger partial charge in [0.1, 0.15) is 23.0 Å². The quantitative estimate of drug-likeness (QED) is 0.879. The van der Waals surface area contributed by atoms with Crippen molar-refractivity contribution in [2.24, 2.45) is 0 Å². The number of hydrogen-bond donors (Lipinski definition) is 1. The summed E-state index contributed by atoms with van der Waals surface area (Å²) in [6, 6.07) is 8.16. The van der Waals surface area contributed by atoms with Crippen molar-refractivity contribution in [3.8, 4) is 11.5 Å². The Morgan fingerprint density at radius 1 is 1.14 bits per heavy atom. The molecular weight excluding hydrogens is 266 g/mol. The maximum Gasteiger partial charge on any atom is 0.127 e. The van der Waals surface area contributed by atoms with Crippen molar-refractivity contribution >= 4 is 0 Å². The summed E-state index contributed by atoms with van der Waals surface area (Å²) in [4.78, 5) is 0. The number of rotatable bonds is 6. The van der Waals surface area contributed by atoms with E-state index < -0.39 is 0 Å². The van der Waals surface area contributed by atoms with Gasteiger partial charge in [-0.1, -0.05) is 6.07 Å². The van der Waals surface area contributed by atoms with Crippen LogP contribution in [-0.2, 0) is 6.54 Å². The molecule has 0 aliphatic heterocycles. The second kappa shape index (κ2) is 6.68. The molecular formula is C17H23NO3. The highest BCUT2D eigenvalue weighted by molar-refractivity contribution is 5.40. The summed E-state index contributed by atoms with van der Waals surface area (Å²) >= 11 is 0. The van der Waals surface area contributed by atoms with Crippen molar-refractivity contribution in [3.05, 3.63) is 46.9 Å². The molecule has 1 atom stereocenters. The van der Waals surface area contributed by atoms with Crippen LogP contribution in [0.5, 0.6) is 11.5 Å². The molecule has 1 unspecified atom stereocenters. The fraction of sp³-hybridized carbons (Fsp3) is 0.412. The van der Waals surface area contributed by atoms with E-state index in [-0.39, 0.29) is 6.04 Å². The van der Waals surface area contributed by atoms with Gasteiger partial charge in [-0.05, 0) is 32.9 Å². The first-order valence-corrected chi connectivity index (χ1v) is 7.06. The highest BCUT2D eigenvalue weighted by Crippen LogP contribution is 2.26. The molecule has 0 fully saturated rings. The predicted molar refractivity (Wildman–Crippen MR) is 83.0 cm³/mol. The fourth-order valence-electron chi connectivity index (χ4n) is 2.45. The Morgan fingerprint density at radius 2 is 1.90 bits per heavy atom. The maximum atomic E-state index is 5.58. The smallest absolute Gasteiger partial charge is 0.127 e. The minimum absolute atomic E-state index is 0.217. The Morgan fingerprint density at radius 3 is 2.48 bits per heavy atom. The minimum atomic E-state index is 0.217.